The highest BCUT2D eigenvalue weighted by Gasteiger charge is 2.21. The molecule has 4 heteroatoms. The first-order chi connectivity index (χ1) is 9.43. The number of rotatable bonds is 4. The van der Waals surface area contributed by atoms with Crippen LogP contribution < -0.4 is 5.32 Å². The van der Waals surface area contributed by atoms with E-state index in [4.69, 9.17) is 4.42 Å². The van der Waals surface area contributed by atoms with Gasteiger partial charge in [0.2, 0.25) is 0 Å². The molecule has 1 N–H and O–H groups in total. The second kappa shape index (κ2) is 5.75. The van der Waals surface area contributed by atoms with Gasteiger partial charge in [-0.25, -0.2) is 8.78 Å². The monoisotopic (exact) mass is 279 g/mol. The van der Waals surface area contributed by atoms with Gasteiger partial charge in [-0.05, 0) is 51.4 Å². The number of aryl methyl sites for hydroxylation is 2. The number of benzene rings is 1. The zero-order valence-electron chi connectivity index (χ0n) is 12.2. The molecule has 1 aromatic carbocycles. The third kappa shape index (κ3) is 2.75. The lowest BCUT2D eigenvalue weighted by Crippen LogP contribution is -2.20. The van der Waals surface area contributed by atoms with Crippen LogP contribution in [0.15, 0.2) is 22.6 Å². The summed E-state index contributed by atoms with van der Waals surface area (Å²) in [5.74, 6) is 0.638. The molecule has 0 radical (unpaired) electrons. The summed E-state index contributed by atoms with van der Waals surface area (Å²) in [6.07, 6.45) is 0.448. The lowest BCUT2D eigenvalue weighted by molar-refractivity contribution is 0.487. The Balaban J connectivity index is 2.33. The summed E-state index contributed by atoms with van der Waals surface area (Å²) in [6.45, 7) is 5.81. The molecule has 0 aliphatic rings. The minimum Gasteiger partial charge on any atom is -0.466 e. The van der Waals surface area contributed by atoms with Gasteiger partial charge in [0.15, 0.2) is 0 Å². The number of hydrogen-bond donors (Lipinski definition) is 1. The summed E-state index contributed by atoms with van der Waals surface area (Å²) in [5, 5.41) is 3.18. The quantitative estimate of drug-likeness (QED) is 0.915. The van der Waals surface area contributed by atoms with E-state index in [1.54, 1.807) is 0 Å². The summed E-state index contributed by atoms with van der Waals surface area (Å²) in [5.41, 5.74) is 2.61. The van der Waals surface area contributed by atoms with Crippen molar-refractivity contribution >= 4 is 0 Å². The van der Waals surface area contributed by atoms with E-state index in [9.17, 15) is 8.78 Å². The van der Waals surface area contributed by atoms with Crippen molar-refractivity contribution in [2.24, 2.45) is 0 Å². The molecule has 108 valence electrons. The Labute approximate surface area is 117 Å². The first-order valence-electron chi connectivity index (χ1n) is 6.61. The molecule has 1 heterocycles. The molecule has 0 spiro atoms. The zero-order chi connectivity index (χ0) is 14.9. The third-order valence-corrected chi connectivity index (χ3v) is 3.75. The van der Waals surface area contributed by atoms with E-state index in [1.165, 1.54) is 12.1 Å². The Kier molecular flexibility index (Phi) is 4.23. The molecule has 0 aliphatic carbocycles. The molecule has 0 saturated carbocycles. The maximum absolute atomic E-state index is 13.8. The standard InChI is InChI=1S/C16H19F2NO/c1-9-10(2)20-11(3)16(9)15(19-4)7-12-5-6-13(17)8-14(12)18/h5-6,8,15,19H,7H2,1-4H3. The lowest BCUT2D eigenvalue weighted by Gasteiger charge is -2.17. The summed E-state index contributed by atoms with van der Waals surface area (Å²) < 4.78 is 32.4. The fraction of sp³-hybridized carbons (Fsp3) is 0.375. The van der Waals surface area contributed by atoms with Crippen molar-refractivity contribution in [2.45, 2.75) is 33.2 Å². The molecule has 0 fully saturated rings. The highest BCUT2D eigenvalue weighted by Crippen LogP contribution is 2.29. The average Bonchev–Trinajstić information content (AvgIpc) is 2.63. The van der Waals surface area contributed by atoms with Crippen LogP contribution in [0.1, 0.15) is 34.3 Å². The first-order valence-corrected chi connectivity index (χ1v) is 6.61. The number of nitrogens with one attached hydrogen (secondary N) is 1. The van der Waals surface area contributed by atoms with Gasteiger partial charge in [-0.15, -0.1) is 0 Å². The summed E-state index contributed by atoms with van der Waals surface area (Å²) in [7, 11) is 1.83. The predicted molar refractivity (Wildman–Crippen MR) is 74.8 cm³/mol. The molecule has 1 aromatic heterocycles. The van der Waals surface area contributed by atoms with E-state index in [0.29, 0.717) is 12.0 Å². The van der Waals surface area contributed by atoms with Crippen LogP contribution in [-0.2, 0) is 6.42 Å². The van der Waals surface area contributed by atoms with Gasteiger partial charge in [-0.1, -0.05) is 6.07 Å². The zero-order valence-corrected chi connectivity index (χ0v) is 12.2. The van der Waals surface area contributed by atoms with Gasteiger partial charge in [-0.3, -0.25) is 0 Å². The van der Waals surface area contributed by atoms with Crippen LogP contribution in [0, 0.1) is 32.4 Å². The van der Waals surface area contributed by atoms with Crippen LogP contribution >= 0.6 is 0 Å². The van der Waals surface area contributed by atoms with Crippen molar-refractivity contribution in [2.75, 3.05) is 7.05 Å². The van der Waals surface area contributed by atoms with E-state index in [-0.39, 0.29) is 6.04 Å². The number of hydrogen-bond acceptors (Lipinski definition) is 2. The topological polar surface area (TPSA) is 25.2 Å². The molecule has 1 unspecified atom stereocenters. The molecule has 2 aromatic rings. The van der Waals surface area contributed by atoms with Crippen molar-refractivity contribution in [3.63, 3.8) is 0 Å². The number of halogens is 2. The van der Waals surface area contributed by atoms with Crippen molar-refractivity contribution in [1.29, 1.82) is 0 Å². The normalized spacial score (nSPS) is 12.7. The molecule has 0 aliphatic heterocycles. The van der Waals surface area contributed by atoms with Gasteiger partial charge >= 0.3 is 0 Å². The lowest BCUT2D eigenvalue weighted by atomic mass is 9.95. The van der Waals surface area contributed by atoms with Crippen LogP contribution in [0.5, 0.6) is 0 Å². The molecule has 2 rings (SSSR count). The van der Waals surface area contributed by atoms with Gasteiger partial charge in [0.25, 0.3) is 0 Å². The van der Waals surface area contributed by atoms with Gasteiger partial charge < -0.3 is 9.73 Å². The fourth-order valence-electron chi connectivity index (χ4n) is 2.58. The predicted octanol–water partition coefficient (Wildman–Crippen LogP) is 3.99. The summed E-state index contributed by atoms with van der Waals surface area (Å²) in [4.78, 5) is 0. The van der Waals surface area contributed by atoms with Gasteiger partial charge in [0.1, 0.15) is 23.2 Å². The second-order valence-electron chi connectivity index (χ2n) is 5.03. The molecule has 0 saturated heterocycles. The molecule has 20 heavy (non-hydrogen) atoms. The Hall–Kier alpha value is -1.68. The van der Waals surface area contributed by atoms with E-state index < -0.39 is 11.6 Å². The van der Waals surface area contributed by atoms with Crippen LogP contribution in [0.4, 0.5) is 8.78 Å². The SMILES string of the molecule is CNC(Cc1ccc(F)cc1F)c1c(C)oc(C)c1C. The van der Waals surface area contributed by atoms with Gasteiger partial charge in [0, 0.05) is 17.7 Å². The van der Waals surface area contributed by atoms with Crippen LogP contribution in [0.2, 0.25) is 0 Å². The molecule has 1 atom stereocenters. The molecule has 0 amide bonds. The van der Waals surface area contributed by atoms with E-state index in [0.717, 1.165) is 28.7 Å². The van der Waals surface area contributed by atoms with Gasteiger partial charge in [-0.2, -0.15) is 0 Å². The molecule has 0 bridgehead atoms. The summed E-state index contributed by atoms with van der Waals surface area (Å²) >= 11 is 0. The van der Waals surface area contributed by atoms with Crippen molar-refractivity contribution in [3.05, 3.63) is 58.0 Å². The Morgan fingerprint density at radius 3 is 2.35 bits per heavy atom. The van der Waals surface area contributed by atoms with E-state index in [1.807, 2.05) is 27.8 Å². The third-order valence-electron chi connectivity index (χ3n) is 3.75. The number of likely N-dealkylation sites (N-methyl/N-ethyl adjacent to an activating group) is 1. The fourth-order valence-corrected chi connectivity index (χ4v) is 2.58. The molecular formula is C16H19F2NO. The number of furan rings is 1. The minimum atomic E-state index is -0.557. The maximum atomic E-state index is 13.8. The van der Waals surface area contributed by atoms with Gasteiger partial charge in [0.05, 0.1) is 0 Å². The largest absolute Gasteiger partial charge is 0.466 e. The second-order valence-corrected chi connectivity index (χ2v) is 5.03. The summed E-state index contributed by atoms with van der Waals surface area (Å²) in [6, 6.07) is 3.63. The van der Waals surface area contributed by atoms with E-state index >= 15 is 0 Å². The Morgan fingerprint density at radius 2 is 1.85 bits per heavy atom. The first kappa shape index (κ1) is 14.7. The van der Waals surface area contributed by atoms with Crippen molar-refractivity contribution < 1.29 is 13.2 Å². The van der Waals surface area contributed by atoms with Crippen molar-refractivity contribution in [3.8, 4) is 0 Å². The van der Waals surface area contributed by atoms with Crippen LogP contribution in [-0.4, -0.2) is 7.05 Å². The van der Waals surface area contributed by atoms with Crippen LogP contribution in [0.3, 0.4) is 0 Å². The van der Waals surface area contributed by atoms with Crippen molar-refractivity contribution in [1.82, 2.24) is 5.32 Å². The van der Waals surface area contributed by atoms with E-state index in [2.05, 4.69) is 5.32 Å². The molecule has 2 nitrogen and oxygen atoms in total. The average molecular weight is 279 g/mol. The Morgan fingerprint density at radius 1 is 1.15 bits per heavy atom. The minimum absolute atomic E-state index is 0.0626. The van der Waals surface area contributed by atoms with Crippen LogP contribution in [0.25, 0.3) is 0 Å². The maximum Gasteiger partial charge on any atom is 0.129 e. The highest BCUT2D eigenvalue weighted by atomic mass is 19.1. The highest BCUT2D eigenvalue weighted by molar-refractivity contribution is 5.35. The molecular weight excluding hydrogens is 260 g/mol. The Bertz CT molecular complexity index is 619. The smallest absolute Gasteiger partial charge is 0.129 e.